The Kier molecular flexibility index (Phi) is 6.72. The van der Waals surface area contributed by atoms with Crippen molar-refractivity contribution in [2.75, 3.05) is 24.1 Å². The number of phenolic OH excluding ortho intramolecular Hbond substituents is 1. The molecule has 1 saturated heterocycles. The first-order valence-corrected chi connectivity index (χ1v) is 10.6. The standard InChI is InChI=1S/C24H30N4O4/c1-24(2,3)32-23(31)28-10-8-15(9-11-28)16-12-19(26)18(14-25)20(13-16)27-22(30)17-6-4-5-7-21(17)29/h4-7,12-15,25,29H,8-11,26H2,1-3H3,(H,27,30). The first-order valence-electron chi connectivity index (χ1n) is 10.6. The van der Waals surface area contributed by atoms with Crippen LogP contribution in [0.5, 0.6) is 5.75 Å². The molecule has 0 aliphatic carbocycles. The summed E-state index contributed by atoms with van der Waals surface area (Å²) in [5.74, 6) is -0.459. The Morgan fingerprint density at radius 2 is 1.88 bits per heavy atom. The van der Waals surface area contributed by atoms with Gasteiger partial charge in [0, 0.05) is 30.6 Å². The predicted octanol–water partition coefficient (Wildman–Crippen LogP) is 4.34. The van der Waals surface area contributed by atoms with Gasteiger partial charge in [-0.3, -0.25) is 4.79 Å². The first-order chi connectivity index (χ1) is 15.1. The van der Waals surface area contributed by atoms with Gasteiger partial charge in [-0.1, -0.05) is 12.1 Å². The normalized spacial score (nSPS) is 14.7. The Labute approximate surface area is 187 Å². The number of phenols is 1. The molecule has 8 heteroatoms. The van der Waals surface area contributed by atoms with E-state index in [0.717, 1.165) is 24.6 Å². The quantitative estimate of drug-likeness (QED) is 0.417. The lowest BCUT2D eigenvalue weighted by Crippen LogP contribution is -2.41. The highest BCUT2D eigenvalue weighted by Crippen LogP contribution is 2.34. The number of para-hydroxylation sites is 1. The molecule has 0 aromatic heterocycles. The third kappa shape index (κ3) is 5.38. The van der Waals surface area contributed by atoms with Gasteiger partial charge in [0.2, 0.25) is 0 Å². The molecular formula is C24H30N4O4. The predicted molar refractivity (Wildman–Crippen MR) is 125 cm³/mol. The first kappa shape index (κ1) is 23.1. The van der Waals surface area contributed by atoms with Crippen LogP contribution in [-0.4, -0.2) is 46.9 Å². The summed E-state index contributed by atoms with van der Waals surface area (Å²) in [6.45, 7) is 6.65. The van der Waals surface area contributed by atoms with Crippen LogP contribution < -0.4 is 11.1 Å². The Hall–Kier alpha value is -3.55. The molecule has 2 amide bonds. The van der Waals surface area contributed by atoms with Crippen molar-refractivity contribution in [3.63, 3.8) is 0 Å². The molecule has 32 heavy (non-hydrogen) atoms. The molecule has 0 atom stereocenters. The minimum absolute atomic E-state index is 0.125. The van der Waals surface area contributed by atoms with Crippen molar-refractivity contribution in [2.24, 2.45) is 0 Å². The fraction of sp³-hybridized carbons (Fsp3) is 0.375. The average molecular weight is 439 g/mol. The van der Waals surface area contributed by atoms with Crippen molar-refractivity contribution < 1.29 is 19.4 Å². The third-order valence-electron chi connectivity index (χ3n) is 5.39. The van der Waals surface area contributed by atoms with Gasteiger partial charge in [0.1, 0.15) is 11.4 Å². The number of likely N-dealkylation sites (tertiary alicyclic amines) is 1. The zero-order valence-electron chi connectivity index (χ0n) is 18.6. The molecule has 3 rings (SSSR count). The number of hydrogen-bond donors (Lipinski definition) is 4. The monoisotopic (exact) mass is 438 g/mol. The van der Waals surface area contributed by atoms with E-state index in [-0.39, 0.29) is 23.3 Å². The van der Waals surface area contributed by atoms with Crippen LogP contribution in [0.25, 0.3) is 0 Å². The zero-order valence-corrected chi connectivity index (χ0v) is 18.6. The SMILES string of the molecule is CC(C)(C)OC(=O)N1CCC(c2cc(N)c(C=N)c(NC(=O)c3ccccc3O)c2)CC1. The average Bonchev–Trinajstić information content (AvgIpc) is 2.72. The Morgan fingerprint density at radius 3 is 2.47 bits per heavy atom. The molecule has 0 saturated carbocycles. The molecule has 2 aromatic carbocycles. The number of nitrogens with two attached hydrogens (primary N) is 1. The van der Waals surface area contributed by atoms with Gasteiger partial charge in [-0.05, 0) is 69.4 Å². The topological polar surface area (TPSA) is 129 Å². The molecule has 0 bridgehead atoms. The minimum atomic E-state index is -0.536. The Bertz CT molecular complexity index is 1020. The van der Waals surface area contributed by atoms with E-state index < -0.39 is 11.5 Å². The summed E-state index contributed by atoms with van der Waals surface area (Å²) < 4.78 is 5.46. The van der Waals surface area contributed by atoms with Gasteiger partial charge in [-0.15, -0.1) is 0 Å². The Morgan fingerprint density at radius 1 is 1.22 bits per heavy atom. The number of ether oxygens (including phenoxy) is 1. The van der Waals surface area contributed by atoms with Crippen LogP contribution in [0.15, 0.2) is 36.4 Å². The zero-order chi connectivity index (χ0) is 23.5. The lowest BCUT2D eigenvalue weighted by atomic mass is 9.88. The Balaban J connectivity index is 1.77. The number of nitrogens with one attached hydrogen (secondary N) is 2. The van der Waals surface area contributed by atoms with Gasteiger partial charge < -0.3 is 31.2 Å². The second-order valence-corrected chi connectivity index (χ2v) is 8.93. The van der Waals surface area contributed by atoms with E-state index in [1.54, 1.807) is 17.0 Å². The van der Waals surface area contributed by atoms with Crippen LogP contribution >= 0.6 is 0 Å². The van der Waals surface area contributed by atoms with Crippen molar-refractivity contribution >= 4 is 29.6 Å². The maximum atomic E-state index is 12.7. The number of amides is 2. The van der Waals surface area contributed by atoms with Crippen molar-refractivity contribution in [1.29, 1.82) is 5.41 Å². The maximum Gasteiger partial charge on any atom is 0.410 e. The molecule has 8 nitrogen and oxygen atoms in total. The van der Waals surface area contributed by atoms with Gasteiger partial charge >= 0.3 is 6.09 Å². The fourth-order valence-corrected chi connectivity index (χ4v) is 3.78. The number of carbonyl (C=O) groups is 2. The number of nitrogens with zero attached hydrogens (tertiary/aromatic N) is 1. The highest BCUT2D eigenvalue weighted by Gasteiger charge is 2.28. The van der Waals surface area contributed by atoms with E-state index in [1.165, 1.54) is 12.1 Å². The van der Waals surface area contributed by atoms with Gasteiger partial charge in [0.05, 0.1) is 11.3 Å². The summed E-state index contributed by atoms with van der Waals surface area (Å²) in [5, 5.41) is 20.5. The molecule has 0 spiro atoms. The van der Waals surface area contributed by atoms with Crippen molar-refractivity contribution in [1.82, 2.24) is 4.90 Å². The summed E-state index contributed by atoms with van der Waals surface area (Å²) in [7, 11) is 0. The lowest BCUT2D eigenvalue weighted by Gasteiger charge is -2.34. The summed E-state index contributed by atoms with van der Waals surface area (Å²) in [5.41, 5.74) is 7.94. The smallest absolute Gasteiger partial charge is 0.410 e. The summed E-state index contributed by atoms with van der Waals surface area (Å²) in [4.78, 5) is 26.7. The van der Waals surface area contributed by atoms with E-state index in [4.69, 9.17) is 15.9 Å². The van der Waals surface area contributed by atoms with Crippen LogP contribution in [0.3, 0.4) is 0 Å². The van der Waals surface area contributed by atoms with Crippen molar-refractivity contribution in [3.8, 4) is 5.75 Å². The molecule has 1 fully saturated rings. The minimum Gasteiger partial charge on any atom is -0.507 e. The fourth-order valence-electron chi connectivity index (χ4n) is 3.78. The summed E-state index contributed by atoms with van der Waals surface area (Å²) in [6.07, 6.45) is 2.25. The number of benzene rings is 2. The molecule has 1 aliphatic rings. The second-order valence-electron chi connectivity index (χ2n) is 8.93. The molecule has 1 heterocycles. The highest BCUT2D eigenvalue weighted by atomic mass is 16.6. The van der Waals surface area contributed by atoms with Crippen molar-refractivity contribution in [2.45, 2.75) is 45.1 Å². The number of aromatic hydroxyl groups is 1. The van der Waals surface area contributed by atoms with E-state index in [9.17, 15) is 14.7 Å². The van der Waals surface area contributed by atoms with Gasteiger partial charge in [0.25, 0.3) is 5.91 Å². The number of rotatable bonds is 4. The van der Waals surface area contributed by atoms with Crippen LogP contribution in [0.2, 0.25) is 0 Å². The van der Waals surface area contributed by atoms with Crippen LogP contribution in [-0.2, 0) is 4.74 Å². The molecule has 170 valence electrons. The molecular weight excluding hydrogens is 408 g/mol. The number of piperidine rings is 1. The van der Waals surface area contributed by atoms with Crippen molar-refractivity contribution in [3.05, 3.63) is 53.1 Å². The highest BCUT2D eigenvalue weighted by molar-refractivity contribution is 6.09. The number of anilines is 2. The molecule has 1 aliphatic heterocycles. The summed E-state index contributed by atoms with van der Waals surface area (Å²) >= 11 is 0. The van der Waals surface area contributed by atoms with E-state index in [1.807, 2.05) is 32.9 Å². The third-order valence-corrected chi connectivity index (χ3v) is 5.39. The summed E-state index contributed by atoms with van der Waals surface area (Å²) in [6, 6.07) is 9.91. The van der Waals surface area contributed by atoms with Crippen LogP contribution in [0.1, 0.15) is 61.0 Å². The number of hydrogen-bond acceptors (Lipinski definition) is 6. The van der Waals surface area contributed by atoms with Gasteiger partial charge in [0.15, 0.2) is 0 Å². The van der Waals surface area contributed by atoms with Gasteiger partial charge in [-0.2, -0.15) is 0 Å². The van der Waals surface area contributed by atoms with E-state index >= 15 is 0 Å². The number of carbonyl (C=O) groups excluding carboxylic acids is 2. The van der Waals surface area contributed by atoms with Gasteiger partial charge in [-0.25, -0.2) is 4.79 Å². The largest absolute Gasteiger partial charge is 0.507 e. The molecule has 0 radical (unpaired) electrons. The molecule has 5 N–H and O–H groups in total. The maximum absolute atomic E-state index is 12.7. The molecule has 2 aromatic rings. The lowest BCUT2D eigenvalue weighted by molar-refractivity contribution is 0.0204. The van der Waals surface area contributed by atoms with Crippen LogP contribution in [0, 0.1) is 5.41 Å². The van der Waals surface area contributed by atoms with E-state index in [2.05, 4.69) is 5.32 Å². The molecule has 0 unspecified atom stereocenters. The number of nitrogen functional groups attached to an aromatic ring is 1. The van der Waals surface area contributed by atoms with Crippen LogP contribution in [0.4, 0.5) is 16.2 Å². The van der Waals surface area contributed by atoms with E-state index in [0.29, 0.717) is 30.0 Å². The second kappa shape index (κ2) is 9.30.